The Labute approximate surface area is 110 Å². The first-order chi connectivity index (χ1) is 8.38. The number of hydrogen-bond acceptors (Lipinski definition) is 3. The summed E-state index contributed by atoms with van der Waals surface area (Å²) in [5, 5.41) is 7.68. The van der Waals surface area contributed by atoms with E-state index >= 15 is 0 Å². The highest BCUT2D eigenvalue weighted by Crippen LogP contribution is 2.38. The van der Waals surface area contributed by atoms with Gasteiger partial charge in [-0.05, 0) is 24.2 Å². The van der Waals surface area contributed by atoms with Crippen molar-refractivity contribution in [1.82, 2.24) is 10.5 Å². The summed E-state index contributed by atoms with van der Waals surface area (Å²) in [5.74, 6) is 1.86. The smallest absolute Gasteiger partial charge is 0.140 e. The second-order valence-electron chi connectivity index (χ2n) is 6.87. The first kappa shape index (κ1) is 13.6. The quantitative estimate of drug-likeness (QED) is 0.894. The van der Waals surface area contributed by atoms with Gasteiger partial charge in [-0.2, -0.15) is 0 Å². The van der Waals surface area contributed by atoms with Crippen LogP contribution < -0.4 is 5.32 Å². The summed E-state index contributed by atoms with van der Waals surface area (Å²) >= 11 is 0. The molecule has 0 amide bonds. The zero-order chi connectivity index (χ0) is 13.3. The molecule has 18 heavy (non-hydrogen) atoms. The number of nitrogens with zero attached hydrogens (tertiary/aromatic N) is 1. The molecule has 0 fully saturated rings. The van der Waals surface area contributed by atoms with E-state index in [2.05, 4.69) is 45.1 Å². The molecule has 102 valence electrons. The van der Waals surface area contributed by atoms with Crippen molar-refractivity contribution in [3.63, 3.8) is 0 Å². The molecule has 1 N–H and O–H groups in total. The Balaban J connectivity index is 2.12. The van der Waals surface area contributed by atoms with Gasteiger partial charge in [0.15, 0.2) is 0 Å². The van der Waals surface area contributed by atoms with Gasteiger partial charge in [0, 0.05) is 24.6 Å². The third kappa shape index (κ3) is 2.94. The van der Waals surface area contributed by atoms with Gasteiger partial charge in [0.1, 0.15) is 11.5 Å². The maximum atomic E-state index is 5.49. The average Bonchev–Trinajstić information content (AvgIpc) is 2.67. The standard InChI is InChI=1S/C15H26N2O/c1-10(2)16-9-13-12-8-11(15(3,4)5)6-7-14(12)18-17-13/h10-11,16H,6-9H2,1-5H3. The second kappa shape index (κ2) is 5.04. The molecule has 1 aliphatic carbocycles. The van der Waals surface area contributed by atoms with Crippen LogP contribution in [-0.2, 0) is 19.4 Å². The molecule has 0 aliphatic heterocycles. The minimum absolute atomic E-state index is 0.373. The van der Waals surface area contributed by atoms with Gasteiger partial charge in [0.25, 0.3) is 0 Å². The molecule has 0 aromatic carbocycles. The third-order valence-electron chi connectivity index (χ3n) is 4.02. The SMILES string of the molecule is CC(C)NCc1noc2c1CC(C(C)(C)C)CC2. The summed E-state index contributed by atoms with van der Waals surface area (Å²) in [6.07, 6.45) is 3.39. The lowest BCUT2D eigenvalue weighted by molar-refractivity contribution is 0.206. The summed E-state index contributed by atoms with van der Waals surface area (Å²) in [7, 11) is 0. The Morgan fingerprint density at radius 1 is 1.39 bits per heavy atom. The predicted octanol–water partition coefficient (Wildman–Crippen LogP) is 3.32. The van der Waals surface area contributed by atoms with Crippen LogP contribution >= 0.6 is 0 Å². The zero-order valence-corrected chi connectivity index (χ0v) is 12.3. The molecular weight excluding hydrogens is 224 g/mol. The number of rotatable bonds is 3. The lowest BCUT2D eigenvalue weighted by Crippen LogP contribution is -2.28. The van der Waals surface area contributed by atoms with Gasteiger partial charge in [0.2, 0.25) is 0 Å². The Morgan fingerprint density at radius 2 is 2.11 bits per heavy atom. The minimum Gasteiger partial charge on any atom is -0.361 e. The molecular formula is C15H26N2O. The Morgan fingerprint density at radius 3 is 2.72 bits per heavy atom. The van der Waals surface area contributed by atoms with Crippen LogP contribution in [0.25, 0.3) is 0 Å². The maximum Gasteiger partial charge on any atom is 0.140 e. The van der Waals surface area contributed by atoms with Crippen molar-refractivity contribution < 1.29 is 4.52 Å². The van der Waals surface area contributed by atoms with E-state index in [4.69, 9.17) is 4.52 Å². The first-order valence-corrected chi connectivity index (χ1v) is 7.07. The van der Waals surface area contributed by atoms with Gasteiger partial charge in [-0.1, -0.05) is 39.8 Å². The van der Waals surface area contributed by atoms with Crippen molar-refractivity contribution in [3.05, 3.63) is 17.0 Å². The molecule has 0 saturated heterocycles. The van der Waals surface area contributed by atoms with E-state index in [1.165, 1.54) is 12.0 Å². The molecule has 1 unspecified atom stereocenters. The highest BCUT2D eigenvalue weighted by Gasteiger charge is 2.32. The van der Waals surface area contributed by atoms with Crippen molar-refractivity contribution in [1.29, 1.82) is 0 Å². The largest absolute Gasteiger partial charge is 0.361 e. The average molecular weight is 250 g/mol. The van der Waals surface area contributed by atoms with Crippen LogP contribution in [0.3, 0.4) is 0 Å². The number of hydrogen-bond donors (Lipinski definition) is 1. The van der Waals surface area contributed by atoms with Crippen molar-refractivity contribution >= 4 is 0 Å². The van der Waals surface area contributed by atoms with Crippen LogP contribution in [0.1, 0.15) is 58.1 Å². The van der Waals surface area contributed by atoms with Gasteiger partial charge < -0.3 is 9.84 Å². The molecule has 0 spiro atoms. The van der Waals surface area contributed by atoms with E-state index in [1.807, 2.05) is 0 Å². The van der Waals surface area contributed by atoms with E-state index in [1.54, 1.807) is 0 Å². The molecule has 3 nitrogen and oxygen atoms in total. The van der Waals surface area contributed by atoms with Gasteiger partial charge in [-0.25, -0.2) is 0 Å². The van der Waals surface area contributed by atoms with Crippen LogP contribution in [0.15, 0.2) is 4.52 Å². The van der Waals surface area contributed by atoms with Crippen LogP contribution in [0.5, 0.6) is 0 Å². The fourth-order valence-corrected chi connectivity index (χ4v) is 2.64. The summed E-state index contributed by atoms with van der Waals surface area (Å²) < 4.78 is 5.49. The van der Waals surface area contributed by atoms with Crippen molar-refractivity contribution in [2.24, 2.45) is 11.3 Å². The number of nitrogens with one attached hydrogen (secondary N) is 1. The van der Waals surface area contributed by atoms with E-state index in [-0.39, 0.29) is 0 Å². The Hall–Kier alpha value is -0.830. The molecule has 1 aliphatic rings. The molecule has 1 aromatic heterocycles. The highest BCUT2D eigenvalue weighted by molar-refractivity contribution is 5.26. The van der Waals surface area contributed by atoms with Crippen molar-refractivity contribution in [3.8, 4) is 0 Å². The van der Waals surface area contributed by atoms with Crippen molar-refractivity contribution in [2.75, 3.05) is 0 Å². The monoisotopic (exact) mass is 250 g/mol. The van der Waals surface area contributed by atoms with Crippen LogP contribution in [0, 0.1) is 11.3 Å². The fraction of sp³-hybridized carbons (Fsp3) is 0.800. The molecule has 3 heteroatoms. The van der Waals surface area contributed by atoms with E-state index in [9.17, 15) is 0 Å². The van der Waals surface area contributed by atoms with Gasteiger partial charge in [-0.15, -0.1) is 0 Å². The molecule has 0 bridgehead atoms. The lowest BCUT2D eigenvalue weighted by atomic mass is 9.71. The summed E-state index contributed by atoms with van der Waals surface area (Å²) in [5.41, 5.74) is 2.86. The van der Waals surface area contributed by atoms with E-state index < -0.39 is 0 Å². The van der Waals surface area contributed by atoms with E-state index in [0.717, 1.165) is 36.8 Å². The topological polar surface area (TPSA) is 38.1 Å². The molecule has 1 atom stereocenters. The molecule has 2 rings (SSSR count). The number of fused-ring (bicyclic) bond motifs is 1. The maximum absolute atomic E-state index is 5.49. The minimum atomic E-state index is 0.373. The molecule has 0 saturated carbocycles. The number of aromatic nitrogens is 1. The Bertz CT molecular complexity index is 401. The third-order valence-corrected chi connectivity index (χ3v) is 4.02. The van der Waals surface area contributed by atoms with Crippen LogP contribution in [0.4, 0.5) is 0 Å². The van der Waals surface area contributed by atoms with E-state index in [0.29, 0.717) is 11.5 Å². The fourth-order valence-electron chi connectivity index (χ4n) is 2.64. The molecule has 1 heterocycles. The summed E-state index contributed by atoms with van der Waals surface area (Å²) in [4.78, 5) is 0. The zero-order valence-electron chi connectivity index (χ0n) is 12.3. The number of aryl methyl sites for hydroxylation is 1. The highest BCUT2D eigenvalue weighted by atomic mass is 16.5. The normalized spacial score (nSPS) is 20.2. The lowest BCUT2D eigenvalue weighted by Gasteiger charge is -2.33. The first-order valence-electron chi connectivity index (χ1n) is 7.07. The predicted molar refractivity (Wildman–Crippen MR) is 73.4 cm³/mol. The van der Waals surface area contributed by atoms with Gasteiger partial charge >= 0.3 is 0 Å². The second-order valence-corrected chi connectivity index (χ2v) is 6.87. The summed E-state index contributed by atoms with van der Waals surface area (Å²) in [6.45, 7) is 12.1. The molecule has 1 aromatic rings. The van der Waals surface area contributed by atoms with Gasteiger partial charge in [-0.3, -0.25) is 0 Å². The van der Waals surface area contributed by atoms with Crippen LogP contribution in [-0.4, -0.2) is 11.2 Å². The summed E-state index contributed by atoms with van der Waals surface area (Å²) in [6, 6.07) is 0.486. The van der Waals surface area contributed by atoms with Crippen LogP contribution in [0.2, 0.25) is 0 Å². The molecule has 0 radical (unpaired) electrons. The van der Waals surface area contributed by atoms with Gasteiger partial charge in [0.05, 0.1) is 0 Å². The Kier molecular flexibility index (Phi) is 3.81. The van der Waals surface area contributed by atoms with Crippen molar-refractivity contribution in [2.45, 2.75) is 66.5 Å².